The van der Waals surface area contributed by atoms with Gasteiger partial charge in [-0.15, -0.1) is 11.3 Å². The van der Waals surface area contributed by atoms with Gasteiger partial charge >= 0.3 is 5.97 Å². The number of nitrogens with zero attached hydrogens (tertiary/aromatic N) is 2. The number of thiophene rings is 1. The molecule has 0 unspecified atom stereocenters. The van der Waals surface area contributed by atoms with E-state index in [0.717, 1.165) is 10.6 Å². The number of aliphatic carboxylic acids is 1. The fourth-order valence-corrected chi connectivity index (χ4v) is 2.88. The van der Waals surface area contributed by atoms with Gasteiger partial charge in [0.25, 0.3) is 5.91 Å². The lowest BCUT2D eigenvalue weighted by Crippen LogP contribution is -2.31. The molecule has 2 aromatic rings. The Kier molecular flexibility index (Phi) is 4.97. The number of carboxylic acids is 1. The minimum atomic E-state index is -0.952. The average molecular weight is 321 g/mol. The molecule has 0 bridgehead atoms. The Hall–Kier alpha value is -2.15. The quantitative estimate of drug-likeness (QED) is 0.856. The third-order valence-corrected chi connectivity index (χ3v) is 4.28. The van der Waals surface area contributed by atoms with Gasteiger partial charge in [-0.05, 0) is 23.4 Å². The molecule has 2 rings (SSSR count). The summed E-state index contributed by atoms with van der Waals surface area (Å²) >= 11 is 1.42. The summed E-state index contributed by atoms with van der Waals surface area (Å²) in [5.41, 5.74) is 1.26. The lowest BCUT2D eigenvalue weighted by Gasteiger charge is -2.15. The second kappa shape index (κ2) is 6.74. The van der Waals surface area contributed by atoms with Crippen LogP contribution in [0.25, 0.3) is 0 Å². The molecule has 2 N–H and O–H groups in total. The number of carbonyl (C=O) groups is 2. The Morgan fingerprint density at radius 2 is 2.18 bits per heavy atom. The lowest BCUT2D eigenvalue weighted by atomic mass is 10.1. The molecule has 0 radical (unpaired) electrons. The molecule has 6 nitrogen and oxygen atoms in total. The van der Waals surface area contributed by atoms with Crippen molar-refractivity contribution in [2.45, 2.75) is 32.2 Å². The Labute approximate surface area is 132 Å². The maximum atomic E-state index is 12.4. The number of hydrogen-bond acceptors (Lipinski definition) is 4. The van der Waals surface area contributed by atoms with Crippen LogP contribution >= 0.6 is 11.3 Å². The van der Waals surface area contributed by atoms with Crippen molar-refractivity contribution in [3.8, 4) is 0 Å². The standard InChI is InChI=1S/C15H19N3O3S/c1-9(2)10-7-12(18(3)17-10)15(21)16-11(8-14(19)20)13-5-4-6-22-13/h4-7,9,11H,8H2,1-3H3,(H,16,21)(H,19,20)/t11-/m0/s1. The van der Waals surface area contributed by atoms with Crippen LogP contribution in [0.5, 0.6) is 0 Å². The summed E-state index contributed by atoms with van der Waals surface area (Å²) in [7, 11) is 1.71. The highest BCUT2D eigenvalue weighted by molar-refractivity contribution is 7.10. The topological polar surface area (TPSA) is 84.2 Å². The maximum absolute atomic E-state index is 12.4. The molecule has 0 aliphatic carbocycles. The van der Waals surface area contributed by atoms with Gasteiger partial charge in [-0.3, -0.25) is 14.3 Å². The monoisotopic (exact) mass is 321 g/mol. The van der Waals surface area contributed by atoms with Gasteiger partial charge in [-0.2, -0.15) is 5.10 Å². The summed E-state index contributed by atoms with van der Waals surface area (Å²) in [5.74, 6) is -1.05. The molecule has 2 aromatic heterocycles. The van der Waals surface area contributed by atoms with Crippen molar-refractivity contribution < 1.29 is 14.7 Å². The molecular weight excluding hydrogens is 302 g/mol. The van der Waals surface area contributed by atoms with Crippen molar-refractivity contribution in [3.63, 3.8) is 0 Å². The largest absolute Gasteiger partial charge is 0.481 e. The van der Waals surface area contributed by atoms with E-state index in [2.05, 4.69) is 10.4 Å². The highest BCUT2D eigenvalue weighted by Gasteiger charge is 2.22. The van der Waals surface area contributed by atoms with Crippen LogP contribution in [-0.4, -0.2) is 26.8 Å². The normalized spacial score (nSPS) is 12.4. The van der Waals surface area contributed by atoms with Crippen molar-refractivity contribution in [2.24, 2.45) is 7.05 Å². The van der Waals surface area contributed by atoms with Gasteiger partial charge in [0.2, 0.25) is 0 Å². The van der Waals surface area contributed by atoms with E-state index in [-0.39, 0.29) is 18.2 Å². The fraction of sp³-hybridized carbons (Fsp3) is 0.400. The van der Waals surface area contributed by atoms with E-state index < -0.39 is 12.0 Å². The number of amides is 1. The molecule has 1 atom stereocenters. The number of aryl methyl sites for hydroxylation is 1. The fourth-order valence-electron chi connectivity index (χ4n) is 2.10. The van der Waals surface area contributed by atoms with E-state index in [1.165, 1.54) is 16.0 Å². The van der Waals surface area contributed by atoms with Gasteiger partial charge in [0, 0.05) is 11.9 Å². The van der Waals surface area contributed by atoms with E-state index in [9.17, 15) is 9.59 Å². The van der Waals surface area contributed by atoms with E-state index >= 15 is 0 Å². The van der Waals surface area contributed by atoms with Crippen molar-refractivity contribution in [2.75, 3.05) is 0 Å². The zero-order valence-electron chi connectivity index (χ0n) is 12.7. The van der Waals surface area contributed by atoms with Gasteiger partial charge in [0.1, 0.15) is 5.69 Å². The van der Waals surface area contributed by atoms with Crippen molar-refractivity contribution >= 4 is 23.2 Å². The van der Waals surface area contributed by atoms with Crippen LogP contribution in [0.15, 0.2) is 23.6 Å². The first kappa shape index (κ1) is 16.2. The third-order valence-electron chi connectivity index (χ3n) is 3.29. The van der Waals surface area contributed by atoms with Crippen molar-refractivity contribution in [3.05, 3.63) is 39.8 Å². The third kappa shape index (κ3) is 3.73. The minimum Gasteiger partial charge on any atom is -0.481 e. The molecule has 0 aliphatic heterocycles. The number of aromatic nitrogens is 2. The van der Waals surface area contributed by atoms with Crippen LogP contribution in [0.3, 0.4) is 0 Å². The minimum absolute atomic E-state index is 0.152. The molecular formula is C15H19N3O3S. The second-order valence-electron chi connectivity index (χ2n) is 5.37. The van der Waals surface area contributed by atoms with Crippen LogP contribution in [0.4, 0.5) is 0 Å². The zero-order chi connectivity index (χ0) is 16.3. The van der Waals surface area contributed by atoms with Crippen molar-refractivity contribution in [1.29, 1.82) is 0 Å². The molecule has 0 aliphatic rings. The van der Waals surface area contributed by atoms with E-state index in [0.29, 0.717) is 5.69 Å². The SMILES string of the molecule is CC(C)c1cc(C(=O)N[C@@H](CC(=O)O)c2cccs2)n(C)n1. The predicted molar refractivity (Wildman–Crippen MR) is 84.1 cm³/mol. The van der Waals surface area contributed by atoms with E-state index in [1.54, 1.807) is 13.1 Å². The number of nitrogens with one attached hydrogen (secondary N) is 1. The van der Waals surface area contributed by atoms with Crippen LogP contribution in [0, 0.1) is 0 Å². The van der Waals surface area contributed by atoms with Crippen LogP contribution in [-0.2, 0) is 11.8 Å². The zero-order valence-corrected chi connectivity index (χ0v) is 13.6. The molecule has 2 heterocycles. The first-order chi connectivity index (χ1) is 10.4. The number of carbonyl (C=O) groups excluding carboxylic acids is 1. The molecule has 0 saturated carbocycles. The number of rotatable bonds is 6. The summed E-state index contributed by atoms with van der Waals surface area (Å²) in [6, 6.07) is 4.86. The predicted octanol–water partition coefficient (Wildman–Crippen LogP) is 2.55. The molecule has 0 saturated heterocycles. The van der Waals surface area contributed by atoms with E-state index in [1.807, 2.05) is 31.4 Å². The van der Waals surface area contributed by atoms with Gasteiger partial charge in [-0.25, -0.2) is 0 Å². The van der Waals surface area contributed by atoms with E-state index in [4.69, 9.17) is 5.11 Å². The maximum Gasteiger partial charge on any atom is 0.305 e. The number of carboxylic acid groups (broad SMARTS) is 1. The lowest BCUT2D eigenvalue weighted by molar-refractivity contribution is -0.137. The summed E-state index contributed by atoms with van der Waals surface area (Å²) in [5, 5.41) is 18.0. The summed E-state index contributed by atoms with van der Waals surface area (Å²) in [6.45, 7) is 4.01. The Bertz CT molecular complexity index is 662. The highest BCUT2D eigenvalue weighted by Crippen LogP contribution is 2.23. The smallest absolute Gasteiger partial charge is 0.305 e. The van der Waals surface area contributed by atoms with Crippen LogP contribution in [0.2, 0.25) is 0 Å². The molecule has 0 fully saturated rings. The van der Waals surface area contributed by atoms with Gasteiger partial charge in [-0.1, -0.05) is 19.9 Å². The van der Waals surface area contributed by atoms with Crippen LogP contribution in [0.1, 0.15) is 53.3 Å². The molecule has 0 aromatic carbocycles. The second-order valence-corrected chi connectivity index (χ2v) is 6.35. The van der Waals surface area contributed by atoms with Crippen LogP contribution < -0.4 is 5.32 Å². The Morgan fingerprint density at radius 3 is 2.68 bits per heavy atom. The Morgan fingerprint density at radius 1 is 1.45 bits per heavy atom. The average Bonchev–Trinajstić information content (AvgIpc) is 3.06. The molecule has 7 heteroatoms. The highest BCUT2D eigenvalue weighted by atomic mass is 32.1. The Balaban J connectivity index is 2.19. The summed E-state index contributed by atoms with van der Waals surface area (Å²) < 4.78 is 1.52. The summed E-state index contributed by atoms with van der Waals surface area (Å²) in [6.07, 6.45) is -0.152. The summed E-state index contributed by atoms with van der Waals surface area (Å²) in [4.78, 5) is 24.3. The molecule has 0 spiro atoms. The van der Waals surface area contributed by atoms with Crippen molar-refractivity contribution in [1.82, 2.24) is 15.1 Å². The molecule has 118 valence electrons. The molecule has 22 heavy (non-hydrogen) atoms. The first-order valence-corrected chi connectivity index (χ1v) is 7.86. The van der Waals surface area contributed by atoms with Gasteiger partial charge < -0.3 is 10.4 Å². The van der Waals surface area contributed by atoms with Gasteiger partial charge in [0.05, 0.1) is 18.2 Å². The number of hydrogen-bond donors (Lipinski definition) is 2. The molecule has 1 amide bonds. The first-order valence-electron chi connectivity index (χ1n) is 6.98. The van der Waals surface area contributed by atoms with Gasteiger partial charge in [0.15, 0.2) is 0 Å².